The average Bonchev–Trinajstić information content (AvgIpc) is 2.62. The number of nitrogens with two attached hydrogens (primary N) is 1. The summed E-state index contributed by atoms with van der Waals surface area (Å²) >= 11 is 6.04. The van der Waals surface area contributed by atoms with Crippen molar-refractivity contribution in [1.29, 1.82) is 0 Å². The fourth-order valence-electron chi connectivity index (χ4n) is 3.34. The zero-order chi connectivity index (χ0) is 14.5. The van der Waals surface area contributed by atoms with E-state index >= 15 is 0 Å². The first kappa shape index (κ1) is 14.1. The molecule has 20 heavy (non-hydrogen) atoms. The van der Waals surface area contributed by atoms with Crippen molar-refractivity contribution < 1.29 is 13.5 Å². The summed E-state index contributed by atoms with van der Waals surface area (Å²) in [5.74, 6) is 0. The molecule has 2 saturated heterocycles. The smallest absolute Gasteiger partial charge is 0.245 e. The fraction of sp³-hybridized carbons (Fsp3) is 0.538. The molecule has 1 aromatic rings. The molecule has 3 rings (SSSR count). The van der Waals surface area contributed by atoms with Crippen LogP contribution in [0.5, 0.6) is 0 Å². The van der Waals surface area contributed by atoms with Crippen molar-refractivity contribution in [2.45, 2.75) is 48.8 Å². The van der Waals surface area contributed by atoms with Crippen LogP contribution in [-0.2, 0) is 10.0 Å². The summed E-state index contributed by atoms with van der Waals surface area (Å²) in [6, 6.07) is 4.20. The Hall–Kier alpha value is -0.820. The number of hydrogen-bond donors (Lipinski definition) is 2. The summed E-state index contributed by atoms with van der Waals surface area (Å²) < 4.78 is 27.2. The topological polar surface area (TPSA) is 83.6 Å². The van der Waals surface area contributed by atoms with Crippen LogP contribution in [-0.4, -0.2) is 36.0 Å². The number of anilines is 1. The second-order valence-corrected chi connectivity index (χ2v) is 7.75. The molecule has 3 N–H and O–H groups in total. The Balaban J connectivity index is 2.01. The molecule has 1 aromatic carbocycles. The molecular weight excluding hydrogens is 300 g/mol. The second-order valence-electron chi connectivity index (χ2n) is 5.54. The zero-order valence-corrected chi connectivity index (χ0v) is 12.4. The molecule has 0 aliphatic carbocycles. The van der Waals surface area contributed by atoms with Gasteiger partial charge in [-0.25, -0.2) is 8.42 Å². The van der Waals surface area contributed by atoms with E-state index in [0.717, 1.165) is 12.8 Å². The van der Waals surface area contributed by atoms with E-state index in [9.17, 15) is 13.5 Å². The third-order valence-electron chi connectivity index (χ3n) is 4.15. The van der Waals surface area contributed by atoms with Crippen LogP contribution in [0.2, 0.25) is 5.02 Å². The normalized spacial score (nSPS) is 30.6. The number of aliphatic hydroxyl groups excluding tert-OH is 1. The number of hydrogen-bond acceptors (Lipinski definition) is 4. The molecule has 2 bridgehead atoms. The summed E-state index contributed by atoms with van der Waals surface area (Å²) in [5.41, 5.74) is 6.04. The van der Waals surface area contributed by atoms with Gasteiger partial charge in [-0.05, 0) is 43.9 Å². The molecule has 2 atom stereocenters. The molecule has 7 heteroatoms. The quantitative estimate of drug-likeness (QED) is 0.812. The summed E-state index contributed by atoms with van der Waals surface area (Å²) in [4.78, 5) is 0.0988. The number of fused-ring (bicyclic) bond motifs is 2. The number of benzene rings is 1. The minimum atomic E-state index is -3.63. The molecule has 0 radical (unpaired) electrons. The highest BCUT2D eigenvalue weighted by Gasteiger charge is 2.47. The highest BCUT2D eigenvalue weighted by Crippen LogP contribution is 2.41. The maximum atomic E-state index is 12.8. The molecule has 0 aromatic heterocycles. The zero-order valence-electron chi connectivity index (χ0n) is 10.9. The van der Waals surface area contributed by atoms with E-state index < -0.39 is 16.1 Å². The number of piperidine rings is 1. The molecule has 5 nitrogen and oxygen atoms in total. The minimum Gasteiger partial charge on any atom is -0.399 e. The van der Waals surface area contributed by atoms with E-state index in [-0.39, 0.29) is 22.0 Å². The third kappa shape index (κ3) is 2.20. The Morgan fingerprint density at radius 2 is 1.85 bits per heavy atom. The van der Waals surface area contributed by atoms with Crippen LogP contribution in [0, 0.1) is 0 Å². The maximum absolute atomic E-state index is 12.8. The Morgan fingerprint density at radius 1 is 1.25 bits per heavy atom. The summed E-state index contributed by atoms with van der Waals surface area (Å²) in [7, 11) is -3.63. The number of halogens is 1. The molecule has 110 valence electrons. The molecule has 0 spiro atoms. The largest absolute Gasteiger partial charge is 0.399 e. The van der Waals surface area contributed by atoms with Crippen molar-refractivity contribution >= 4 is 27.3 Å². The van der Waals surface area contributed by atoms with Gasteiger partial charge in [0, 0.05) is 17.8 Å². The SMILES string of the molecule is Nc1ccc(S(=O)(=O)N2C3CCC2CC(O)C3)c(Cl)c1. The lowest BCUT2D eigenvalue weighted by Crippen LogP contribution is -2.47. The van der Waals surface area contributed by atoms with Crippen LogP contribution >= 0.6 is 11.6 Å². The van der Waals surface area contributed by atoms with Crippen molar-refractivity contribution in [2.24, 2.45) is 0 Å². The molecule has 2 aliphatic heterocycles. The standard InChI is InChI=1S/C13H17ClN2O3S/c14-12-5-8(15)1-4-13(12)20(18,19)16-9-2-3-10(16)7-11(17)6-9/h1,4-5,9-11,17H,2-3,6-7,15H2. The number of sulfonamides is 1. The predicted octanol–water partition coefficient (Wildman–Crippen LogP) is 1.60. The first-order valence-electron chi connectivity index (χ1n) is 6.66. The van der Waals surface area contributed by atoms with Crippen molar-refractivity contribution in [3.05, 3.63) is 23.2 Å². The average molecular weight is 317 g/mol. The van der Waals surface area contributed by atoms with Crippen LogP contribution < -0.4 is 5.73 Å². The lowest BCUT2D eigenvalue weighted by molar-refractivity contribution is 0.0769. The molecule has 2 aliphatic rings. The van der Waals surface area contributed by atoms with Gasteiger partial charge in [0.05, 0.1) is 11.1 Å². The molecule has 2 heterocycles. The van der Waals surface area contributed by atoms with Gasteiger partial charge in [0.15, 0.2) is 0 Å². The van der Waals surface area contributed by atoms with Crippen molar-refractivity contribution in [3.63, 3.8) is 0 Å². The van der Waals surface area contributed by atoms with Gasteiger partial charge < -0.3 is 10.8 Å². The van der Waals surface area contributed by atoms with Gasteiger partial charge in [-0.15, -0.1) is 0 Å². The van der Waals surface area contributed by atoms with Gasteiger partial charge >= 0.3 is 0 Å². The van der Waals surface area contributed by atoms with E-state index in [1.807, 2.05) is 0 Å². The lowest BCUT2D eigenvalue weighted by atomic mass is 10.0. The van der Waals surface area contributed by atoms with Crippen LogP contribution in [0.1, 0.15) is 25.7 Å². The summed E-state index contributed by atoms with van der Waals surface area (Å²) in [5, 5.41) is 9.92. The highest BCUT2D eigenvalue weighted by molar-refractivity contribution is 7.89. The number of nitrogen functional groups attached to an aromatic ring is 1. The molecule has 0 saturated carbocycles. The van der Waals surface area contributed by atoms with Gasteiger partial charge in [-0.3, -0.25) is 0 Å². The molecular formula is C13H17ClN2O3S. The van der Waals surface area contributed by atoms with E-state index in [1.54, 1.807) is 6.07 Å². The van der Waals surface area contributed by atoms with Crippen LogP contribution in [0.25, 0.3) is 0 Å². The predicted molar refractivity (Wildman–Crippen MR) is 76.9 cm³/mol. The van der Waals surface area contributed by atoms with E-state index in [2.05, 4.69) is 0 Å². The van der Waals surface area contributed by atoms with Gasteiger partial charge in [0.1, 0.15) is 4.90 Å². The molecule has 0 amide bonds. The number of nitrogens with zero attached hydrogens (tertiary/aromatic N) is 1. The molecule has 2 fully saturated rings. The Kier molecular flexibility index (Phi) is 3.44. The Labute approximate surface area is 123 Å². The monoisotopic (exact) mass is 316 g/mol. The minimum absolute atomic E-state index is 0.0988. The van der Waals surface area contributed by atoms with E-state index in [1.165, 1.54) is 16.4 Å². The third-order valence-corrected chi connectivity index (χ3v) is 6.64. The number of rotatable bonds is 2. The van der Waals surface area contributed by atoms with Crippen molar-refractivity contribution in [3.8, 4) is 0 Å². The maximum Gasteiger partial charge on any atom is 0.245 e. The Morgan fingerprint density at radius 3 is 2.40 bits per heavy atom. The first-order chi connectivity index (χ1) is 9.39. The van der Waals surface area contributed by atoms with Gasteiger partial charge in [-0.2, -0.15) is 4.31 Å². The molecule has 2 unspecified atom stereocenters. The first-order valence-corrected chi connectivity index (χ1v) is 8.48. The second kappa shape index (κ2) is 4.87. The van der Waals surface area contributed by atoms with Gasteiger partial charge in [0.25, 0.3) is 0 Å². The highest BCUT2D eigenvalue weighted by atomic mass is 35.5. The van der Waals surface area contributed by atoms with Gasteiger partial charge in [0.2, 0.25) is 10.0 Å². The fourth-order valence-corrected chi connectivity index (χ4v) is 5.76. The van der Waals surface area contributed by atoms with Crippen molar-refractivity contribution in [1.82, 2.24) is 4.31 Å². The van der Waals surface area contributed by atoms with Gasteiger partial charge in [-0.1, -0.05) is 11.6 Å². The summed E-state index contributed by atoms with van der Waals surface area (Å²) in [6.45, 7) is 0. The number of aliphatic hydroxyl groups is 1. The van der Waals surface area contributed by atoms with Crippen molar-refractivity contribution in [2.75, 3.05) is 5.73 Å². The van der Waals surface area contributed by atoms with Crippen LogP contribution in [0.15, 0.2) is 23.1 Å². The van der Waals surface area contributed by atoms with Crippen LogP contribution in [0.3, 0.4) is 0 Å². The van der Waals surface area contributed by atoms with E-state index in [0.29, 0.717) is 18.5 Å². The lowest BCUT2D eigenvalue weighted by Gasteiger charge is -2.36. The van der Waals surface area contributed by atoms with E-state index in [4.69, 9.17) is 17.3 Å². The van der Waals surface area contributed by atoms with Crippen LogP contribution in [0.4, 0.5) is 5.69 Å². The Bertz CT molecular complexity index is 621. The summed E-state index contributed by atoms with van der Waals surface area (Å²) in [6.07, 6.45) is 2.20.